The summed E-state index contributed by atoms with van der Waals surface area (Å²) in [6.45, 7) is 5.89. The average Bonchev–Trinajstić information content (AvgIpc) is 2.45. The molecule has 0 bridgehead atoms. The standard InChI is InChI=1S/C9H13NO3S/c1-9(2,3)8-10-6(11)5(14-8)7(12)13-4/h11H,1-4H3. The number of aromatic nitrogens is 1. The zero-order valence-corrected chi connectivity index (χ0v) is 9.44. The summed E-state index contributed by atoms with van der Waals surface area (Å²) in [6.07, 6.45) is 0. The molecule has 0 fully saturated rings. The second kappa shape index (κ2) is 3.57. The largest absolute Gasteiger partial charge is 0.492 e. The van der Waals surface area contributed by atoms with Crippen molar-refractivity contribution < 1.29 is 14.6 Å². The molecule has 1 rings (SSSR count). The number of esters is 1. The van der Waals surface area contributed by atoms with Gasteiger partial charge in [0.15, 0.2) is 4.88 Å². The molecule has 1 aromatic rings. The minimum absolute atomic E-state index is 0.164. The first-order chi connectivity index (χ1) is 6.36. The molecule has 14 heavy (non-hydrogen) atoms. The molecule has 0 aromatic carbocycles. The van der Waals surface area contributed by atoms with Gasteiger partial charge >= 0.3 is 5.97 Å². The quantitative estimate of drug-likeness (QED) is 0.727. The van der Waals surface area contributed by atoms with E-state index in [0.29, 0.717) is 0 Å². The number of carbonyl (C=O) groups excluding carboxylic acids is 1. The summed E-state index contributed by atoms with van der Waals surface area (Å²) >= 11 is 1.16. The second-order valence-corrected chi connectivity index (χ2v) is 4.91. The van der Waals surface area contributed by atoms with Crippen LogP contribution in [-0.2, 0) is 10.2 Å². The van der Waals surface area contributed by atoms with Crippen LogP contribution < -0.4 is 0 Å². The second-order valence-electron chi connectivity index (χ2n) is 3.91. The Kier molecular flexibility index (Phi) is 2.80. The maximum Gasteiger partial charge on any atom is 0.353 e. The molecule has 0 radical (unpaired) electrons. The van der Waals surface area contributed by atoms with Crippen molar-refractivity contribution in [2.45, 2.75) is 26.2 Å². The van der Waals surface area contributed by atoms with E-state index in [0.717, 1.165) is 16.3 Å². The zero-order chi connectivity index (χ0) is 10.9. The van der Waals surface area contributed by atoms with Crippen molar-refractivity contribution in [3.05, 3.63) is 9.88 Å². The molecule has 1 aromatic heterocycles. The molecule has 0 spiro atoms. The number of methoxy groups -OCH3 is 1. The lowest BCUT2D eigenvalue weighted by Crippen LogP contribution is -2.09. The monoisotopic (exact) mass is 215 g/mol. The number of hydrogen-bond acceptors (Lipinski definition) is 5. The highest BCUT2D eigenvalue weighted by atomic mass is 32.1. The highest BCUT2D eigenvalue weighted by Gasteiger charge is 2.24. The molecule has 0 aliphatic heterocycles. The maximum absolute atomic E-state index is 11.2. The van der Waals surface area contributed by atoms with Crippen molar-refractivity contribution >= 4 is 17.3 Å². The van der Waals surface area contributed by atoms with Crippen LogP contribution in [0.25, 0.3) is 0 Å². The third-order valence-corrected chi connectivity index (χ3v) is 3.07. The van der Waals surface area contributed by atoms with Crippen LogP contribution in [0.4, 0.5) is 0 Å². The molecule has 5 heteroatoms. The zero-order valence-electron chi connectivity index (χ0n) is 8.62. The molecule has 1 heterocycles. The van der Waals surface area contributed by atoms with Crippen molar-refractivity contribution in [1.29, 1.82) is 0 Å². The molecule has 1 N–H and O–H groups in total. The number of aromatic hydroxyl groups is 1. The van der Waals surface area contributed by atoms with Crippen molar-refractivity contribution in [1.82, 2.24) is 4.98 Å². The van der Waals surface area contributed by atoms with Crippen LogP contribution in [0.1, 0.15) is 35.5 Å². The smallest absolute Gasteiger partial charge is 0.353 e. The van der Waals surface area contributed by atoms with Crippen LogP contribution in [-0.4, -0.2) is 23.2 Å². The van der Waals surface area contributed by atoms with Gasteiger partial charge in [0, 0.05) is 5.41 Å². The molecule has 4 nitrogen and oxygen atoms in total. The molecular weight excluding hydrogens is 202 g/mol. The van der Waals surface area contributed by atoms with E-state index in [1.165, 1.54) is 7.11 Å². The van der Waals surface area contributed by atoms with Crippen LogP contribution >= 0.6 is 11.3 Å². The van der Waals surface area contributed by atoms with E-state index < -0.39 is 5.97 Å². The molecule has 0 aliphatic carbocycles. The van der Waals surface area contributed by atoms with Crippen LogP contribution in [0.3, 0.4) is 0 Å². The SMILES string of the molecule is COC(=O)c1sc(C(C)(C)C)nc1O. The predicted molar refractivity (Wildman–Crippen MR) is 53.8 cm³/mol. The molecule has 78 valence electrons. The number of rotatable bonds is 1. The van der Waals surface area contributed by atoms with Crippen molar-refractivity contribution in [2.24, 2.45) is 0 Å². The Morgan fingerprint density at radius 3 is 2.43 bits per heavy atom. The maximum atomic E-state index is 11.2. The number of hydrogen-bond donors (Lipinski definition) is 1. The van der Waals surface area contributed by atoms with E-state index in [1.54, 1.807) is 0 Å². The van der Waals surface area contributed by atoms with Gasteiger partial charge in [0.1, 0.15) is 5.01 Å². The van der Waals surface area contributed by atoms with Crippen LogP contribution in [0.5, 0.6) is 5.88 Å². The summed E-state index contributed by atoms with van der Waals surface area (Å²) in [6, 6.07) is 0. The van der Waals surface area contributed by atoms with Gasteiger partial charge in [0.05, 0.1) is 7.11 Å². The molecule has 0 aliphatic rings. The molecular formula is C9H13NO3S. The normalized spacial score (nSPS) is 11.4. The van der Waals surface area contributed by atoms with Crippen molar-refractivity contribution in [3.8, 4) is 5.88 Å². The highest BCUT2D eigenvalue weighted by molar-refractivity contribution is 7.14. The van der Waals surface area contributed by atoms with E-state index in [1.807, 2.05) is 20.8 Å². The summed E-state index contributed by atoms with van der Waals surface area (Å²) in [4.78, 5) is 15.3. The topological polar surface area (TPSA) is 59.4 Å². The first-order valence-corrected chi connectivity index (χ1v) is 4.96. The van der Waals surface area contributed by atoms with E-state index >= 15 is 0 Å². The van der Waals surface area contributed by atoms with E-state index in [2.05, 4.69) is 9.72 Å². The molecule has 0 atom stereocenters. The van der Waals surface area contributed by atoms with E-state index in [9.17, 15) is 9.90 Å². The van der Waals surface area contributed by atoms with Gasteiger partial charge in [-0.3, -0.25) is 0 Å². The fraction of sp³-hybridized carbons (Fsp3) is 0.556. The molecule has 0 saturated heterocycles. The number of thiazole rings is 1. The molecule has 0 amide bonds. The Labute approximate surface area is 86.6 Å². The van der Waals surface area contributed by atoms with Crippen molar-refractivity contribution in [2.75, 3.05) is 7.11 Å². The summed E-state index contributed by atoms with van der Waals surface area (Å²) in [5.74, 6) is -0.790. The van der Waals surface area contributed by atoms with Crippen LogP contribution in [0, 0.1) is 0 Å². The molecule has 0 saturated carbocycles. The predicted octanol–water partition coefficient (Wildman–Crippen LogP) is 1.93. The third kappa shape index (κ3) is 2.04. The summed E-state index contributed by atoms with van der Waals surface area (Å²) in [5.41, 5.74) is -0.172. The number of nitrogens with zero attached hydrogens (tertiary/aromatic N) is 1. The minimum atomic E-state index is -0.546. The van der Waals surface area contributed by atoms with Gasteiger partial charge < -0.3 is 9.84 Å². The summed E-state index contributed by atoms with van der Waals surface area (Å²) < 4.78 is 4.51. The lowest BCUT2D eigenvalue weighted by molar-refractivity contribution is 0.0603. The van der Waals surface area contributed by atoms with Crippen LogP contribution in [0.15, 0.2) is 0 Å². The first-order valence-electron chi connectivity index (χ1n) is 4.15. The van der Waals surface area contributed by atoms with Gasteiger partial charge in [-0.15, -0.1) is 11.3 Å². The highest BCUT2D eigenvalue weighted by Crippen LogP contribution is 2.32. The average molecular weight is 215 g/mol. The Morgan fingerprint density at radius 2 is 2.07 bits per heavy atom. The summed E-state index contributed by atoms with van der Waals surface area (Å²) in [7, 11) is 1.28. The van der Waals surface area contributed by atoms with E-state index in [4.69, 9.17) is 0 Å². The lowest BCUT2D eigenvalue weighted by Gasteiger charge is -2.12. The minimum Gasteiger partial charge on any atom is -0.492 e. The number of carbonyl (C=O) groups is 1. The Hall–Kier alpha value is -1.10. The van der Waals surface area contributed by atoms with Gasteiger partial charge in [-0.25, -0.2) is 9.78 Å². The lowest BCUT2D eigenvalue weighted by atomic mass is 9.98. The summed E-state index contributed by atoms with van der Waals surface area (Å²) in [5, 5.41) is 10.1. The van der Waals surface area contributed by atoms with Crippen molar-refractivity contribution in [3.63, 3.8) is 0 Å². The number of ether oxygens (including phenoxy) is 1. The Bertz CT molecular complexity index is 351. The van der Waals surface area contributed by atoms with Gasteiger partial charge in [0.2, 0.25) is 5.88 Å². The van der Waals surface area contributed by atoms with Gasteiger partial charge in [0.25, 0.3) is 0 Å². The van der Waals surface area contributed by atoms with Gasteiger partial charge in [-0.2, -0.15) is 0 Å². The Morgan fingerprint density at radius 1 is 1.50 bits per heavy atom. The van der Waals surface area contributed by atoms with Gasteiger partial charge in [-0.05, 0) is 0 Å². The van der Waals surface area contributed by atoms with E-state index in [-0.39, 0.29) is 16.2 Å². The molecule has 0 unspecified atom stereocenters. The Balaban J connectivity index is 3.12. The third-order valence-electron chi connectivity index (χ3n) is 1.62. The fourth-order valence-corrected chi connectivity index (χ4v) is 1.79. The first kappa shape index (κ1) is 11.0. The fourth-order valence-electron chi connectivity index (χ4n) is 0.859. The van der Waals surface area contributed by atoms with Gasteiger partial charge in [-0.1, -0.05) is 20.8 Å². The van der Waals surface area contributed by atoms with Crippen LogP contribution in [0.2, 0.25) is 0 Å².